The molecule has 2 rings (SSSR count). The molecule has 1 aliphatic rings. The fourth-order valence-corrected chi connectivity index (χ4v) is 1.89. The first-order valence-electron chi connectivity index (χ1n) is 5.17. The third kappa shape index (κ3) is 3.08. The molecule has 15 heavy (non-hydrogen) atoms. The second-order valence-electron chi connectivity index (χ2n) is 3.96. The predicted molar refractivity (Wildman–Crippen MR) is 65.9 cm³/mol. The molecule has 84 valence electrons. The van der Waals surface area contributed by atoms with Crippen LogP contribution < -0.4 is 10.2 Å². The highest BCUT2D eigenvalue weighted by atomic mass is 35.5. The van der Waals surface area contributed by atoms with Gasteiger partial charge in [0.1, 0.15) is 0 Å². The molecule has 0 aromatic carbocycles. The summed E-state index contributed by atoms with van der Waals surface area (Å²) in [6, 6.07) is 4.82. The molecule has 1 aromatic rings. The maximum absolute atomic E-state index is 4.21. The molecule has 1 fully saturated rings. The lowest BCUT2D eigenvalue weighted by Crippen LogP contribution is -2.49. The highest BCUT2D eigenvalue weighted by Gasteiger charge is 2.15. The van der Waals surface area contributed by atoms with Gasteiger partial charge in [-0.25, -0.2) is 0 Å². The lowest BCUT2D eigenvalue weighted by molar-refractivity contribution is 0.484. The van der Waals surface area contributed by atoms with Crippen LogP contribution in [-0.4, -0.2) is 30.7 Å². The number of aromatic nitrogens is 1. The summed E-state index contributed by atoms with van der Waals surface area (Å²) in [6.45, 7) is 7.51. The van der Waals surface area contributed by atoms with Gasteiger partial charge in [0.2, 0.25) is 0 Å². The number of halogens is 1. The van der Waals surface area contributed by atoms with Gasteiger partial charge < -0.3 is 10.2 Å². The molecular weight excluding hydrogens is 210 g/mol. The highest BCUT2D eigenvalue weighted by Crippen LogP contribution is 2.15. The van der Waals surface area contributed by atoms with Crippen molar-refractivity contribution < 1.29 is 0 Å². The number of anilines is 1. The number of piperazine rings is 1. The van der Waals surface area contributed by atoms with E-state index in [-0.39, 0.29) is 12.4 Å². The van der Waals surface area contributed by atoms with Crippen molar-refractivity contribution in [2.45, 2.75) is 19.9 Å². The van der Waals surface area contributed by atoms with E-state index in [2.05, 4.69) is 34.3 Å². The molecule has 0 bridgehead atoms. The van der Waals surface area contributed by atoms with E-state index in [1.165, 1.54) is 5.69 Å². The molecule has 1 atom stereocenters. The fourth-order valence-electron chi connectivity index (χ4n) is 1.89. The van der Waals surface area contributed by atoms with Crippen LogP contribution in [0.4, 0.5) is 5.69 Å². The molecule has 1 saturated heterocycles. The molecular formula is C11H18ClN3. The van der Waals surface area contributed by atoms with E-state index < -0.39 is 0 Å². The zero-order valence-corrected chi connectivity index (χ0v) is 10.0. The van der Waals surface area contributed by atoms with Gasteiger partial charge in [0, 0.05) is 43.3 Å². The van der Waals surface area contributed by atoms with E-state index in [1.807, 2.05) is 13.1 Å². The topological polar surface area (TPSA) is 28.2 Å². The molecule has 0 amide bonds. The Morgan fingerprint density at radius 2 is 2.33 bits per heavy atom. The van der Waals surface area contributed by atoms with Crippen LogP contribution in [0.1, 0.15) is 12.6 Å². The second-order valence-corrected chi connectivity index (χ2v) is 3.96. The fraction of sp³-hybridized carbons (Fsp3) is 0.545. The first kappa shape index (κ1) is 12.3. The summed E-state index contributed by atoms with van der Waals surface area (Å²) in [5, 5.41) is 3.44. The average molecular weight is 228 g/mol. The molecule has 1 N–H and O–H groups in total. The molecule has 0 aliphatic carbocycles. The third-order valence-electron chi connectivity index (χ3n) is 2.61. The summed E-state index contributed by atoms with van der Waals surface area (Å²) in [6.07, 6.45) is 1.89. The van der Waals surface area contributed by atoms with Crippen molar-refractivity contribution >= 4 is 18.1 Å². The molecule has 1 aromatic heterocycles. The zero-order chi connectivity index (χ0) is 9.97. The van der Waals surface area contributed by atoms with Crippen molar-refractivity contribution in [3.63, 3.8) is 0 Å². The van der Waals surface area contributed by atoms with Gasteiger partial charge in [-0.3, -0.25) is 4.98 Å². The molecule has 0 radical (unpaired) electrons. The number of hydrogen-bond acceptors (Lipinski definition) is 3. The zero-order valence-electron chi connectivity index (χ0n) is 9.23. The van der Waals surface area contributed by atoms with Gasteiger partial charge in [0.05, 0.1) is 0 Å². The Morgan fingerprint density at radius 1 is 1.53 bits per heavy atom. The monoisotopic (exact) mass is 227 g/mol. The van der Waals surface area contributed by atoms with Crippen molar-refractivity contribution in [1.29, 1.82) is 0 Å². The number of aryl methyl sites for hydroxylation is 1. The maximum atomic E-state index is 4.21. The summed E-state index contributed by atoms with van der Waals surface area (Å²) in [4.78, 5) is 6.62. The van der Waals surface area contributed by atoms with E-state index in [1.54, 1.807) is 0 Å². The maximum Gasteiger partial charge on any atom is 0.0400 e. The van der Waals surface area contributed by atoms with Gasteiger partial charge in [0.15, 0.2) is 0 Å². The van der Waals surface area contributed by atoms with Crippen LogP contribution in [0.25, 0.3) is 0 Å². The van der Waals surface area contributed by atoms with Crippen LogP contribution in [0.5, 0.6) is 0 Å². The van der Waals surface area contributed by atoms with Crippen LogP contribution in [0.2, 0.25) is 0 Å². The Hall–Kier alpha value is -0.800. The van der Waals surface area contributed by atoms with Gasteiger partial charge in [-0.15, -0.1) is 12.4 Å². The second kappa shape index (κ2) is 5.33. The van der Waals surface area contributed by atoms with E-state index in [0.717, 1.165) is 25.3 Å². The van der Waals surface area contributed by atoms with Crippen molar-refractivity contribution in [3.05, 3.63) is 24.0 Å². The van der Waals surface area contributed by atoms with Crippen LogP contribution in [0.15, 0.2) is 18.3 Å². The first-order chi connectivity index (χ1) is 6.75. The molecule has 3 nitrogen and oxygen atoms in total. The Morgan fingerprint density at radius 3 is 3.00 bits per heavy atom. The number of pyridine rings is 1. The number of nitrogens with one attached hydrogen (secondary N) is 1. The summed E-state index contributed by atoms with van der Waals surface area (Å²) in [5.74, 6) is 0. The van der Waals surface area contributed by atoms with Gasteiger partial charge in [-0.2, -0.15) is 0 Å². The molecule has 2 heterocycles. The minimum atomic E-state index is 0. The van der Waals surface area contributed by atoms with Gasteiger partial charge in [-0.1, -0.05) is 0 Å². The largest absolute Gasteiger partial charge is 0.369 e. The number of nitrogens with zero attached hydrogens (tertiary/aromatic N) is 2. The molecule has 1 unspecified atom stereocenters. The highest BCUT2D eigenvalue weighted by molar-refractivity contribution is 5.85. The third-order valence-corrected chi connectivity index (χ3v) is 2.61. The molecule has 0 spiro atoms. The van der Waals surface area contributed by atoms with Crippen molar-refractivity contribution in [2.75, 3.05) is 24.5 Å². The van der Waals surface area contributed by atoms with Crippen LogP contribution in [-0.2, 0) is 0 Å². The minimum absolute atomic E-state index is 0. The van der Waals surface area contributed by atoms with Crippen LogP contribution in [0, 0.1) is 6.92 Å². The van der Waals surface area contributed by atoms with Crippen molar-refractivity contribution in [2.24, 2.45) is 0 Å². The molecule has 1 aliphatic heterocycles. The van der Waals surface area contributed by atoms with Crippen LogP contribution in [0.3, 0.4) is 0 Å². The Kier molecular flexibility index (Phi) is 4.36. The predicted octanol–water partition coefficient (Wildman–Crippen LogP) is 1.61. The van der Waals surface area contributed by atoms with Crippen LogP contribution >= 0.6 is 12.4 Å². The van der Waals surface area contributed by atoms with E-state index in [4.69, 9.17) is 0 Å². The van der Waals surface area contributed by atoms with E-state index in [0.29, 0.717) is 6.04 Å². The summed E-state index contributed by atoms with van der Waals surface area (Å²) >= 11 is 0. The standard InChI is InChI=1S/C11H17N3.ClH/c1-9-7-11(3-4-12-9)14-6-5-13-10(2)8-14;/h3-4,7,10,13H,5-6,8H2,1-2H3;1H. The minimum Gasteiger partial charge on any atom is -0.369 e. The Balaban J connectivity index is 0.00000112. The lowest BCUT2D eigenvalue weighted by Gasteiger charge is -2.33. The number of hydrogen-bond donors (Lipinski definition) is 1. The lowest BCUT2D eigenvalue weighted by atomic mass is 10.2. The first-order valence-corrected chi connectivity index (χ1v) is 5.17. The van der Waals surface area contributed by atoms with E-state index >= 15 is 0 Å². The Labute approximate surface area is 97.3 Å². The summed E-state index contributed by atoms with van der Waals surface area (Å²) in [5.41, 5.74) is 2.39. The average Bonchev–Trinajstić information content (AvgIpc) is 2.18. The smallest absolute Gasteiger partial charge is 0.0400 e. The van der Waals surface area contributed by atoms with Gasteiger partial charge in [0.25, 0.3) is 0 Å². The molecule has 4 heteroatoms. The number of rotatable bonds is 1. The quantitative estimate of drug-likeness (QED) is 0.790. The van der Waals surface area contributed by atoms with Gasteiger partial charge in [-0.05, 0) is 26.0 Å². The summed E-state index contributed by atoms with van der Waals surface area (Å²) in [7, 11) is 0. The van der Waals surface area contributed by atoms with Crippen molar-refractivity contribution in [3.8, 4) is 0 Å². The van der Waals surface area contributed by atoms with E-state index in [9.17, 15) is 0 Å². The normalized spacial score (nSPS) is 20.9. The Bertz CT molecular complexity index is 316. The molecule has 0 saturated carbocycles. The summed E-state index contributed by atoms with van der Waals surface area (Å²) < 4.78 is 0. The van der Waals surface area contributed by atoms with Crippen molar-refractivity contribution in [1.82, 2.24) is 10.3 Å². The van der Waals surface area contributed by atoms with Gasteiger partial charge >= 0.3 is 0 Å². The SMILES string of the molecule is Cc1cc(N2CCNC(C)C2)ccn1.Cl.